The highest BCUT2D eigenvalue weighted by molar-refractivity contribution is 5.37. The largest absolute Gasteiger partial charge is 0.370 e. The molecule has 2 rings (SSSR count). The van der Waals surface area contributed by atoms with Crippen LogP contribution in [0.4, 0.5) is 5.82 Å². The number of nitrogens with one attached hydrogen (secondary N) is 1. The smallest absolute Gasteiger partial charge is 0.167 e. The normalized spacial score (nSPS) is 17.7. The van der Waals surface area contributed by atoms with Crippen LogP contribution in [0.15, 0.2) is 6.07 Å². The minimum absolute atomic E-state index is 0.322. The first-order valence-corrected chi connectivity index (χ1v) is 7.80. The van der Waals surface area contributed by atoms with Gasteiger partial charge in [-0.3, -0.25) is 0 Å². The molecule has 2 heterocycles. The molecular weight excluding hydrogens is 266 g/mol. The summed E-state index contributed by atoms with van der Waals surface area (Å²) in [5.74, 6) is 2.04. The van der Waals surface area contributed by atoms with Gasteiger partial charge in [0, 0.05) is 30.6 Å². The second-order valence-electron chi connectivity index (χ2n) is 6.35. The zero-order valence-corrected chi connectivity index (χ0v) is 13.8. The SMILES string of the molecule is CC(C)c1cc(NCCC2(C)OCCO2)nc(C(C)C)n1. The maximum Gasteiger partial charge on any atom is 0.167 e. The van der Waals surface area contributed by atoms with Gasteiger partial charge in [0.2, 0.25) is 0 Å². The number of rotatable bonds is 6. The van der Waals surface area contributed by atoms with E-state index < -0.39 is 5.79 Å². The maximum atomic E-state index is 5.61. The van der Waals surface area contributed by atoms with Gasteiger partial charge in [0.25, 0.3) is 0 Å². The summed E-state index contributed by atoms with van der Waals surface area (Å²) >= 11 is 0. The molecule has 0 amide bonds. The van der Waals surface area contributed by atoms with E-state index >= 15 is 0 Å². The Morgan fingerprint density at radius 3 is 2.38 bits per heavy atom. The molecule has 0 spiro atoms. The van der Waals surface area contributed by atoms with Crippen LogP contribution in [0.2, 0.25) is 0 Å². The second-order valence-corrected chi connectivity index (χ2v) is 6.35. The maximum absolute atomic E-state index is 5.61. The average Bonchev–Trinajstić information content (AvgIpc) is 2.85. The fourth-order valence-corrected chi connectivity index (χ4v) is 2.25. The van der Waals surface area contributed by atoms with E-state index in [1.54, 1.807) is 0 Å². The molecule has 118 valence electrons. The Labute approximate surface area is 127 Å². The molecule has 1 aliphatic rings. The fraction of sp³-hybridized carbons (Fsp3) is 0.750. The van der Waals surface area contributed by atoms with Crippen molar-refractivity contribution in [2.24, 2.45) is 0 Å². The lowest BCUT2D eigenvalue weighted by molar-refractivity contribution is -0.144. The van der Waals surface area contributed by atoms with Gasteiger partial charge in [-0.15, -0.1) is 0 Å². The van der Waals surface area contributed by atoms with Gasteiger partial charge in [0.1, 0.15) is 11.6 Å². The molecule has 0 aromatic carbocycles. The topological polar surface area (TPSA) is 56.3 Å². The second kappa shape index (κ2) is 6.71. The quantitative estimate of drug-likeness (QED) is 0.872. The fourth-order valence-electron chi connectivity index (χ4n) is 2.25. The number of hydrogen-bond acceptors (Lipinski definition) is 5. The van der Waals surface area contributed by atoms with E-state index in [0.717, 1.165) is 30.3 Å². The van der Waals surface area contributed by atoms with E-state index in [1.807, 2.05) is 13.0 Å². The monoisotopic (exact) mass is 293 g/mol. The summed E-state index contributed by atoms with van der Waals surface area (Å²) in [5, 5.41) is 3.38. The van der Waals surface area contributed by atoms with E-state index in [4.69, 9.17) is 9.47 Å². The van der Waals surface area contributed by atoms with Crippen LogP contribution < -0.4 is 5.32 Å². The summed E-state index contributed by atoms with van der Waals surface area (Å²) in [6, 6.07) is 2.04. The van der Waals surface area contributed by atoms with Crippen LogP contribution in [0.1, 0.15) is 64.4 Å². The Bertz CT molecular complexity index is 442. The number of anilines is 1. The summed E-state index contributed by atoms with van der Waals surface area (Å²) in [6.07, 6.45) is 0.797. The molecule has 1 aromatic heterocycles. The first-order chi connectivity index (χ1) is 9.89. The number of nitrogens with zero attached hydrogens (tertiary/aromatic N) is 2. The lowest BCUT2D eigenvalue weighted by atomic mass is 10.1. The molecule has 0 radical (unpaired) electrons. The molecular formula is C16H27N3O2. The Morgan fingerprint density at radius 2 is 1.81 bits per heavy atom. The van der Waals surface area contributed by atoms with Crippen molar-refractivity contribution in [2.75, 3.05) is 25.1 Å². The minimum atomic E-state index is -0.457. The van der Waals surface area contributed by atoms with Crippen molar-refractivity contribution in [1.29, 1.82) is 0 Å². The third-order valence-corrected chi connectivity index (χ3v) is 3.65. The zero-order valence-electron chi connectivity index (χ0n) is 13.8. The summed E-state index contributed by atoms with van der Waals surface area (Å²) < 4.78 is 11.2. The molecule has 0 saturated carbocycles. The molecule has 5 nitrogen and oxygen atoms in total. The molecule has 1 aromatic rings. The lowest BCUT2D eigenvalue weighted by Crippen LogP contribution is -2.28. The van der Waals surface area contributed by atoms with Gasteiger partial charge >= 0.3 is 0 Å². The Kier molecular flexibility index (Phi) is 5.17. The predicted molar refractivity (Wildman–Crippen MR) is 83.6 cm³/mol. The third-order valence-electron chi connectivity index (χ3n) is 3.65. The van der Waals surface area contributed by atoms with Crippen LogP contribution in [0.25, 0.3) is 0 Å². The molecule has 0 unspecified atom stereocenters. The van der Waals surface area contributed by atoms with Crippen LogP contribution in [-0.4, -0.2) is 35.5 Å². The van der Waals surface area contributed by atoms with Crippen LogP contribution in [0.3, 0.4) is 0 Å². The molecule has 5 heteroatoms. The predicted octanol–water partition coefficient (Wildman–Crippen LogP) is 3.29. The molecule has 0 bridgehead atoms. The van der Waals surface area contributed by atoms with E-state index in [2.05, 4.69) is 43.0 Å². The van der Waals surface area contributed by atoms with Crippen LogP contribution in [-0.2, 0) is 9.47 Å². The Morgan fingerprint density at radius 1 is 1.14 bits per heavy atom. The number of aromatic nitrogens is 2. The molecule has 1 N–H and O–H groups in total. The highest BCUT2D eigenvalue weighted by Crippen LogP contribution is 2.23. The number of ether oxygens (including phenoxy) is 2. The van der Waals surface area contributed by atoms with Gasteiger partial charge in [-0.1, -0.05) is 27.7 Å². The Hall–Kier alpha value is -1.20. The average molecular weight is 293 g/mol. The molecule has 1 aliphatic heterocycles. The standard InChI is InChI=1S/C16H27N3O2/c1-11(2)13-10-14(19-15(18-13)12(3)4)17-7-6-16(5)20-8-9-21-16/h10-12H,6-9H2,1-5H3,(H,17,18,19). The highest BCUT2D eigenvalue weighted by atomic mass is 16.7. The summed E-state index contributed by atoms with van der Waals surface area (Å²) in [6.45, 7) is 12.6. The van der Waals surface area contributed by atoms with Gasteiger partial charge in [-0.05, 0) is 12.8 Å². The van der Waals surface area contributed by atoms with Gasteiger partial charge in [-0.25, -0.2) is 9.97 Å². The van der Waals surface area contributed by atoms with Crippen molar-refractivity contribution in [3.05, 3.63) is 17.6 Å². The first-order valence-electron chi connectivity index (χ1n) is 7.80. The van der Waals surface area contributed by atoms with Gasteiger partial charge in [0.15, 0.2) is 5.79 Å². The van der Waals surface area contributed by atoms with Crippen molar-refractivity contribution in [2.45, 2.75) is 58.7 Å². The van der Waals surface area contributed by atoms with E-state index in [9.17, 15) is 0 Å². The van der Waals surface area contributed by atoms with E-state index in [0.29, 0.717) is 25.0 Å². The van der Waals surface area contributed by atoms with Crippen molar-refractivity contribution < 1.29 is 9.47 Å². The van der Waals surface area contributed by atoms with Gasteiger partial charge in [0.05, 0.1) is 13.2 Å². The van der Waals surface area contributed by atoms with Crippen LogP contribution >= 0.6 is 0 Å². The molecule has 0 atom stereocenters. The van der Waals surface area contributed by atoms with E-state index in [-0.39, 0.29) is 0 Å². The third kappa shape index (κ3) is 4.38. The molecule has 0 aliphatic carbocycles. The minimum Gasteiger partial charge on any atom is -0.370 e. The van der Waals surface area contributed by atoms with Gasteiger partial charge in [-0.2, -0.15) is 0 Å². The van der Waals surface area contributed by atoms with Crippen molar-refractivity contribution in [1.82, 2.24) is 9.97 Å². The van der Waals surface area contributed by atoms with Crippen molar-refractivity contribution in [3.8, 4) is 0 Å². The summed E-state index contributed by atoms with van der Waals surface area (Å²) in [7, 11) is 0. The summed E-state index contributed by atoms with van der Waals surface area (Å²) in [5.41, 5.74) is 1.08. The lowest BCUT2D eigenvalue weighted by Gasteiger charge is -2.22. The zero-order chi connectivity index (χ0) is 15.5. The number of hydrogen-bond donors (Lipinski definition) is 1. The first kappa shape index (κ1) is 16.2. The van der Waals surface area contributed by atoms with Gasteiger partial charge < -0.3 is 14.8 Å². The van der Waals surface area contributed by atoms with Crippen LogP contribution in [0.5, 0.6) is 0 Å². The Balaban J connectivity index is 2.01. The molecule has 21 heavy (non-hydrogen) atoms. The molecule has 1 fully saturated rings. The van der Waals surface area contributed by atoms with Crippen molar-refractivity contribution >= 4 is 5.82 Å². The van der Waals surface area contributed by atoms with Crippen LogP contribution in [0, 0.1) is 0 Å². The van der Waals surface area contributed by atoms with Crippen molar-refractivity contribution in [3.63, 3.8) is 0 Å². The highest BCUT2D eigenvalue weighted by Gasteiger charge is 2.30. The van der Waals surface area contributed by atoms with E-state index in [1.165, 1.54) is 0 Å². The molecule has 1 saturated heterocycles. The summed E-state index contributed by atoms with van der Waals surface area (Å²) in [4.78, 5) is 9.23.